The van der Waals surface area contributed by atoms with Crippen LogP contribution < -0.4 is 16.6 Å². The van der Waals surface area contributed by atoms with Gasteiger partial charge in [-0.1, -0.05) is 6.07 Å². The van der Waals surface area contributed by atoms with Crippen molar-refractivity contribution < 1.29 is 4.92 Å². The Hall–Kier alpha value is -2.67. The number of anilines is 2. The molecule has 1 aromatic carbocycles. The summed E-state index contributed by atoms with van der Waals surface area (Å²) in [7, 11) is 0. The summed E-state index contributed by atoms with van der Waals surface area (Å²) in [5.74, 6) is 5.30. The number of nitro groups is 1. The van der Waals surface area contributed by atoms with Crippen molar-refractivity contribution in [2.24, 2.45) is 5.84 Å². The van der Waals surface area contributed by atoms with Crippen LogP contribution in [0.2, 0.25) is 0 Å². The fourth-order valence-corrected chi connectivity index (χ4v) is 1.80. The molecule has 2 rings (SSSR count). The Morgan fingerprint density at radius 2 is 2.10 bits per heavy atom. The predicted molar refractivity (Wildman–Crippen MR) is 77.3 cm³/mol. The number of nitrogens with one attached hydrogen (secondary N) is 2. The number of pyridine rings is 1. The number of benzene rings is 1. The first-order valence-electron chi connectivity index (χ1n) is 6.08. The van der Waals surface area contributed by atoms with E-state index in [1.807, 2.05) is 12.1 Å². The van der Waals surface area contributed by atoms with E-state index in [1.165, 1.54) is 12.1 Å². The summed E-state index contributed by atoms with van der Waals surface area (Å²) in [4.78, 5) is 14.4. The molecule has 1 aromatic heterocycles. The topological polar surface area (TPSA) is 106 Å². The number of hydrazine groups is 1. The lowest BCUT2D eigenvalue weighted by atomic mass is 10.2. The molecule has 0 atom stereocenters. The van der Waals surface area contributed by atoms with Crippen LogP contribution in [0, 0.1) is 10.1 Å². The van der Waals surface area contributed by atoms with Crippen LogP contribution >= 0.6 is 0 Å². The van der Waals surface area contributed by atoms with Gasteiger partial charge in [-0.3, -0.25) is 20.9 Å². The molecule has 0 aliphatic carbocycles. The van der Waals surface area contributed by atoms with Crippen molar-refractivity contribution in [1.82, 2.24) is 4.98 Å². The fourth-order valence-electron chi connectivity index (χ4n) is 1.80. The lowest BCUT2D eigenvalue weighted by Gasteiger charge is -2.08. The molecule has 0 bridgehead atoms. The monoisotopic (exact) mass is 273 g/mol. The van der Waals surface area contributed by atoms with Crippen LogP contribution in [0.4, 0.5) is 17.1 Å². The third-order valence-corrected chi connectivity index (χ3v) is 2.76. The normalized spacial score (nSPS) is 10.1. The Morgan fingerprint density at radius 3 is 2.75 bits per heavy atom. The zero-order valence-electron chi connectivity index (χ0n) is 10.7. The second-order valence-electron chi connectivity index (χ2n) is 4.21. The fraction of sp³-hybridized carbons (Fsp3) is 0.154. The molecule has 0 unspecified atom stereocenters. The van der Waals surface area contributed by atoms with E-state index in [0.717, 1.165) is 12.0 Å². The number of hydrogen-bond acceptors (Lipinski definition) is 6. The third kappa shape index (κ3) is 3.66. The van der Waals surface area contributed by atoms with E-state index in [0.29, 0.717) is 17.9 Å². The van der Waals surface area contributed by atoms with Crippen molar-refractivity contribution in [3.05, 3.63) is 58.4 Å². The maximum absolute atomic E-state index is 10.8. The van der Waals surface area contributed by atoms with E-state index in [9.17, 15) is 10.1 Å². The van der Waals surface area contributed by atoms with Crippen molar-refractivity contribution >= 4 is 17.1 Å². The number of aromatic nitrogens is 1. The quantitative estimate of drug-likeness (QED) is 0.422. The van der Waals surface area contributed by atoms with Gasteiger partial charge in [-0.05, 0) is 24.1 Å². The SMILES string of the molecule is NNc1cc(NCCc2cccnc2)cc([N+](=O)[O-])c1. The summed E-state index contributed by atoms with van der Waals surface area (Å²) in [6.07, 6.45) is 4.29. The number of nitrogens with zero attached hydrogens (tertiary/aromatic N) is 2. The first-order valence-corrected chi connectivity index (χ1v) is 6.08. The summed E-state index contributed by atoms with van der Waals surface area (Å²) in [5, 5.41) is 14.0. The molecule has 0 saturated carbocycles. The highest BCUT2D eigenvalue weighted by Gasteiger charge is 2.09. The number of nitro benzene ring substituents is 1. The van der Waals surface area contributed by atoms with Gasteiger partial charge >= 0.3 is 0 Å². The van der Waals surface area contributed by atoms with Crippen molar-refractivity contribution in [2.45, 2.75) is 6.42 Å². The Balaban J connectivity index is 2.02. The number of nitrogen functional groups attached to an aromatic ring is 1. The summed E-state index contributed by atoms with van der Waals surface area (Å²) < 4.78 is 0. The maximum atomic E-state index is 10.8. The molecule has 0 aliphatic rings. The smallest absolute Gasteiger partial charge is 0.273 e. The Morgan fingerprint density at radius 1 is 1.30 bits per heavy atom. The van der Waals surface area contributed by atoms with Gasteiger partial charge in [0.05, 0.1) is 10.6 Å². The highest BCUT2D eigenvalue weighted by molar-refractivity contribution is 5.63. The molecule has 7 nitrogen and oxygen atoms in total. The summed E-state index contributed by atoms with van der Waals surface area (Å²) in [6, 6.07) is 8.43. The molecular formula is C13H15N5O2. The van der Waals surface area contributed by atoms with E-state index in [-0.39, 0.29) is 5.69 Å². The Bertz CT molecular complexity index is 589. The minimum absolute atomic E-state index is 0.00988. The number of rotatable bonds is 6. The largest absolute Gasteiger partial charge is 0.384 e. The molecular weight excluding hydrogens is 258 g/mol. The van der Waals surface area contributed by atoms with Crippen LogP contribution in [-0.4, -0.2) is 16.5 Å². The first-order chi connectivity index (χ1) is 9.69. The van der Waals surface area contributed by atoms with Crippen molar-refractivity contribution in [2.75, 3.05) is 17.3 Å². The predicted octanol–water partition coefficient (Wildman–Crippen LogP) is 1.93. The molecule has 0 radical (unpaired) electrons. The van der Waals surface area contributed by atoms with Gasteiger partial charge < -0.3 is 10.7 Å². The van der Waals surface area contributed by atoms with Crippen LogP contribution in [0.15, 0.2) is 42.7 Å². The van der Waals surface area contributed by atoms with Gasteiger partial charge in [0.15, 0.2) is 0 Å². The van der Waals surface area contributed by atoms with E-state index >= 15 is 0 Å². The van der Waals surface area contributed by atoms with Gasteiger partial charge in [0, 0.05) is 36.8 Å². The molecule has 20 heavy (non-hydrogen) atoms. The zero-order valence-corrected chi connectivity index (χ0v) is 10.7. The van der Waals surface area contributed by atoms with Gasteiger partial charge in [-0.25, -0.2) is 0 Å². The second-order valence-corrected chi connectivity index (χ2v) is 4.21. The van der Waals surface area contributed by atoms with Gasteiger partial charge in [0.2, 0.25) is 0 Å². The second kappa shape index (κ2) is 6.48. The molecule has 0 saturated heterocycles. The molecule has 1 heterocycles. The number of hydrogen-bond donors (Lipinski definition) is 3. The molecule has 104 valence electrons. The first kappa shape index (κ1) is 13.8. The lowest BCUT2D eigenvalue weighted by Crippen LogP contribution is -2.09. The Kier molecular flexibility index (Phi) is 4.46. The van der Waals surface area contributed by atoms with Gasteiger partial charge in [0.25, 0.3) is 5.69 Å². The summed E-state index contributed by atoms with van der Waals surface area (Å²) in [5.41, 5.74) is 4.64. The zero-order chi connectivity index (χ0) is 14.4. The van der Waals surface area contributed by atoms with Crippen molar-refractivity contribution in [3.63, 3.8) is 0 Å². The van der Waals surface area contributed by atoms with Gasteiger partial charge in [-0.2, -0.15) is 0 Å². The number of nitrogens with two attached hydrogens (primary N) is 1. The van der Waals surface area contributed by atoms with Crippen molar-refractivity contribution in [1.29, 1.82) is 0 Å². The molecule has 7 heteroatoms. The Labute approximate surface area is 116 Å². The molecule has 0 amide bonds. The summed E-state index contributed by atoms with van der Waals surface area (Å²) >= 11 is 0. The van der Waals surface area contributed by atoms with E-state index < -0.39 is 4.92 Å². The average Bonchev–Trinajstić information content (AvgIpc) is 2.48. The van der Waals surface area contributed by atoms with E-state index in [1.54, 1.807) is 18.5 Å². The van der Waals surface area contributed by atoms with Crippen LogP contribution in [0.1, 0.15) is 5.56 Å². The number of non-ortho nitro benzene ring substituents is 1. The van der Waals surface area contributed by atoms with Crippen LogP contribution in [0.5, 0.6) is 0 Å². The third-order valence-electron chi connectivity index (χ3n) is 2.76. The maximum Gasteiger partial charge on any atom is 0.273 e. The highest BCUT2D eigenvalue weighted by atomic mass is 16.6. The van der Waals surface area contributed by atoms with E-state index in [2.05, 4.69) is 15.7 Å². The molecule has 4 N–H and O–H groups in total. The van der Waals surface area contributed by atoms with E-state index in [4.69, 9.17) is 5.84 Å². The standard InChI is InChI=1S/C13H15N5O2/c14-17-12-6-11(7-13(8-12)18(19)20)16-5-3-10-2-1-4-15-9-10/h1-2,4,6-9,16-17H,3,5,14H2. The van der Waals surface area contributed by atoms with Gasteiger partial charge in [-0.15, -0.1) is 0 Å². The molecule has 0 aliphatic heterocycles. The van der Waals surface area contributed by atoms with Crippen molar-refractivity contribution in [3.8, 4) is 0 Å². The summed E-state index contributed by atoms with van der Waals surface area (Å²) in [6.45, 7) is 0.650. The highest BCUT2D eigenvalue weighted by Crippen LogP contribution is 2.23. The minimum atomic E-state index is -0.451. The van der Waals surface area contributed by atoms with Crippen LogP contribution in [0.25, 0.3) is 0 Å². The lowest BCUT2D eigenvalue weighted by molar-refractivity contribution is -0.384. The molecule has 0 fully saturated rings. The van der Waals surface area contributed by atoms with Gasteiger partial charge in [0.1, 0.15) is 0 Å². The van der Waals surface area contributed by atoms with Crippen LogP contribution in [-0.2, 0) is 6.42 Å². The van der Waals surface area contributed by atoms with Crippen LogP contribution in [0.3, 0.4) is 0 Å². The average molecular weight is 273 g/mol. The molecule has 0 spiro atoms. The molecule has 2 aromatic rings. The minimum Gasteiger partial charge on any atom is -0.384 e.